The van der Waals surface area contributed by atoms with Gasteiger partial charge in [-0.05, 0) is 94.6 Å². The molecule has 6 N–H and O–H groups in total. The van der Waals surface area contributed by atoms with E-state index in [9.17, 15) is 59.9 Å². The molecule has 0 radical (unpaired) electrons. The third-order valence-corrected chi connectivity index (χ3v) is 13.6. The molecule has 0 aromatic heterocycles. The second-order valence-corrected chi connectivity index (χ2v) is 18.1. The lowest BCUT2D eigenvalue weighted by atomic mass is 10.1. The van der Waals surface area contributed by atoms with Crippen LogP contribution in [-0.2, 0) is 45.9 Å². The Morgan fingerprint density at radius 3 is 1.46 bits per heavy atom. The Kier molecular flexibility index (Phi) is 13.6. The van der Waals surface area contributed by atoms with E-state index in [1.807, 2.05) is 0 Å². The summed E-state index contributed by atoms with van der Waals surface area (Å²) < 4.78 is 81.4. The van der Waals surface area contributed by atoms with Gasteiger partial charge < -0.3 is 51.5 Å². The van der Waals surface area contributed by atoms with E-state index in [0.29, 0.717) is 50.8 Å². The van der Waals surface area contributed by atoms with E-state index >= 15 is 0 Å². The van der Waals surface area contributed by atoms with Gasteiger partial charge in [0.05, 0.1) is 11.1 Å². The van der Waals surface area contributed by atoms with Crippen LogP contribution in [0.3, 0.4) is 0 Å². The van der Waals surface area contributed by atoms with Crippen molar-refractivity contribution in [3.63, 3.8) is 0 Å². The molecule has 0 aliphatic carbocycles. The van der Waals surface area contributed by atoms with Gasteiger partial charge in [0, 0.05) is 64.0 Å². The van der Waals surface area contributed by atoms with Crippen molar-refractivity contribution in [3.8, 4) is 0 Å². The maximum Gasteiger partial charge on any atom is 0.416 e. The number of nitrogens with zero attached hydrogens (tertiary/aromatic N) is 6. The molecule has 8 atom stereocenters. The van der Waals surface area contributed by atoms with Crippen molar-refractivity contribution in [1.29, 1.82) is 0 Å². The van der Waals surface area contributed by atoms with Crippen LogP contribution in [0.4, 0.5) is 32.0 Å². The van der Waals surface area contributed by atoms with E-state index in [0.717, 1.165) is 0 Å². The first-order valence-corrected chi connectivity index (χ1v) is 22.2. The van der Waals surface area contributed by atoms with Gasteiger partial charge in [0.2, 0.25) is 41.4 Å². The summed E-state index contributed by atoms with van der Waals surface area (Å²) in [4.78, 5) is 104. The highest BCUT2D eigenvalue weighted by Crippen LogP contribution is 2.38. The van der Waals surface area contributed by atoms with Gasteiger partial charge in [-0.1, -0.05) is 0 Å². The average molecular weight is 943 g/mol. The Morgan fingerprint density at radius 2 is 0.985 bits per heavy atom. The number of primary amides is 1. The van der Waals surface area contributed by atoms with Crippen molar-refractivity contribution in [2.75, 3.05) is 44.6 Å². The van der Waals surface area contributed by atoms with Crippen LogP contribution in [0.15, 0.2) is 18.2 Å². The quantitative estimate of drug-likeness (QED) is 0.216. The molecule has 0 saturated carbocycles. The smallest absolute Gasteiger partial charge is 0.368 e. The van der Waals surface area contributed by atoms with E-state index in [1.54, 1.807) is 0 Å². The predicted molar refractivity (Wildman–Crippen MR) is 222 cm³/mol. The molecule has 1 aromatic carbocycles. The van der Waals surface area contributed by atoms with Crippen LogP contribution in [0.25, 0.3) is 0 Å². The fourth-order valence-corrected chi connectivity index (χ4v) is 10.7. The van der Waals surface area contributed by atoms with Crippen LogP contribution in [-0.4, -0.2) is 163 Å². The lowest BCUT2D eigenvalue weighted by Gasteiger charge is -2.36. The minimum Gasteiger partial charge on any atom is -0.368 e. The highest BCUT2D eigenvalue weighted by Gasteiger charge is 2.51. The van der Waals surface area contributed by atoms with Crippen molar-refractivity contribution >= 4 is 64.4 Å². The average Bonchev–Trinajstić information content (AvgIpc) is 4.09. The number of nitrogens with one attached hydrogen (secondary N) is 2. The zero-order valence-corrected chi connectivity index (χ0v) is 36.4. The van der Waals surface area contributed by atoms with Crippen LogP contribution in [0.2, 0.25) is 0 Å². The standard InChI is InChI=1S/C41H52F6N10O7S/c1-21(58)52-10-3-7-28(52)35(61)56-19-24(48)17-31(56)37(63)55-13-4-8-29(55)34(60)54-12-5-9-30(54)36(62)57-20-26(18-32(57)38(64)53-11-2-6-27(53)33(49)59)51-39(65)50-25-15-22(40(42,43)44)14-23(16-25)41(45,46)47/h14-16,24,26-32H,2-13,17-20,48H2,1H3,(H2,49,59)(H2,50,51,65)/t24-,26-,27-,28-,29-,30-,31-,32-/m0/s1. The SMILES string of the molecule is CC(=O)N1CCC[C@H]1C(=O)N1C[C@@H](N)C[C@H]1C(=O)N1CCC[C@H]1C(=O)N1CCC[C@H]1C(=O)N1C[C@@H](NC(=S)Nc2cc(C(F)(F)F)cc(C(F)(F)F)c2)C[C@H]1C(=O)N1CCC[C@H]1C(N)=O. The van der Waals surface area contributed by atoms with Gasteiger partial charge in [-0.15, -0.1) is 0 Å². The maximum absolute atomic E-state index is 14.7. The number of carbonyl (C=O) groups excluding carboxylic acids is 7. The van der Waals surface area contributed by atoms with Gasteiger partial charge in [-0.3, -0.25) is 33.6 Å². The molecular formula is C41H52F6N10O7S. The first-order chi connectivity index (χ1) is 30.5. The van der Waals surface area contributed by atoms with E-state index in [4.69, 9.17) is 23.7 Å². The summed E-state index contributed by atoms with van der Waals surface area (Å²) in [5.74, 6) is -3.59. The van der Waals surface area contributed by atoms with Crippen LogP contribution < -0.4 is 22.1 Å². The van der Waals surface area contributed by atoms with Crippen molar-refractivity contribution in [1.82, 2.24) is 34.7 Å². The highest BCUT2D eigenvalue weighted by molar-refractivity contribution is 7.80. The van der Waals surface area contributed by atoms with Gasteiger partial charge in [0.25, 0.3) is 0 Å². The molecule has 6 saturated heterocycles. The Labute approximate surface area is 375 Å². The molecule has 7 rings (SSSR count). The summed E-state index contributed by atoms with van der Waals surface area (Å²) in [6.45, 7) is 2.17. The largest absolute Gasteiger partial charge is 0.416 e. The molecule has 1 aromatic rings. The molecule has 356 valence electrons. The van der Waals surface area contributed by atoms with E-state index < -0.39 is 112 Å². The number of halogens is 6. The molecule has 24 heteroatoms. The third-order valence-electron chi connectivity index (χ3n) is 13.4. The molecule has 6 aliphatic rings. The van der Waals surface area contributed by atoms with Crippen LogP contribution in [0.1, 0.15) is 82.3 Å². The highest BCUT2D eigenvalue weighted by atomic mass is 32.1. The third kappa shape index (κ3) is 9.82. The van der Waals surface area contributed by atoms with Crippen molar-refractivity contribution in [2.45, 2.75) is 132 Å². The number of rotatable bonds is 8. The lowest BCUT2D eigenvalue weighted by Crippen LogP contribution is -2.58. The number of carbonyl (C=O) groups is 7. The second kappa shape index (κ2) is 18.6. The van der Waals surface area contributed by atoms with Gasteiger partial charge in [-0.2, -0.15) is 26.3 Å². The summed E-state index contributed by atoms with van der Waals surface area (Å²) >= 11 is 5.31. The summed E-state index contributed by atoms with van der Waals surface area (Å²) in [6.07, 6.45) is -7.09. The van der Waals surface area contributed by atoms with Crippen LogP contribution >= 0.6 is 12.2 Å². The first-order valence-electron chi connectivity index (χ1n) is 21.8. The van der Waals surface area contributed by atoms with Gasteiger partial charge in [0.1, 0.15) is 36.3 Å². The normalized spacial score (nSPS) is 28.3. The summed E-state index contributed by atoms with van der Waals surface area (Å²) in [5, 5.41) is 4.78. The number of hydrogen-bond acceptors (Lipinski definition) is 9. The van der Waals surface area contributed by atoms with Crippen molar-refractivity contribution < 1.29 is 59.9 Å². The molecule has 0 unspecified atom stereocenters. The monoisotopic (exact) mass is 942 g/mol. The Balaban J connectivity index is 1.08. The van der Waals surface area contributed by atoms with Crippen molar-refractivity contribution in [3.05, 3.63) is 29.3 Å². The number of hydrogen-bond donors (Lipinski definition) is 4. The van der Waals surface area contributed by atoms with Crippen LogP contribution in [0, 0.1) is 0 Å². The second-order valence-electron chi connectivity index (χ2n) is 17.7. The fraction of sp³-hybridized carbons (Fsp3) is 0.659. The molecular weight excluding hydrogens is 891 g/mol. The van der Waals surface area contributed by atoms with E-state index in [2.05, 4.69) is 10.6 Å². The molecule has 7 amide bonds. The predicted octanol–water partition coefficient (Wildman–Crippen LogP) is 1.38. The number of anilines is 1. The summed E-state index contributed by atoms with van der Waals surface area (Å²) in [6, 6.07) is -6.45. The maximum atomic E-state index is 14.7. The number of benzene rings is 1. The van der Waals surface area contributed by atoms with E-state index in [1.165, 1.54) is 36.3 Å². The summed E-state index contributed by atoms with van der Waals surface area (Å²) in [5.41, 5.74) is 8.14. The Hall–Kier alpha value is -5.26. The molecule has 17 nitrogen and oxygen atoms in total. The fourth-order valence-electron chi connectivity index (χ4n) is 10.4. The zero-order valence-electron chi connectivity index (χ0n) is 35.5. The number of likely N-dealkylation sites (tertiary alicyclic amines) is 6. The molecule has 65 heavy (non-hydrogen) atoms. The molecule has 0 bridgehead atoms. The number of thiocarbonyl (C=S) groups is 1. The van der Waals surface area contributed by atoms with Gasteiger partial charge in [-0.25, -0.2) is 0 Å². The summed E-state index contributed by atoms with van der Waals surface area (Å²) in [7, 11) is 0. The Bertz CT molecular complexity index is 2080. The zero-order chi connectivity index (χ0) is 47.3. The lowest BCUT2D eigenvalue weighted by molar-refractivity contribution is -0.154. The van der Waals surface area contributed by atoms with Gasteiger partial charge >= 0.3 is 12.4 Å². The minimum atomic E-state index is -5.12. The topological polar surface area (TPSA) is 215 Å². The van der Waals surface area contributed by atoms with Crippen molar-refractivity contribution in [2.24, 2.45) is 11.5 Å². The van der Waals surface area contributed by atoms with Gasteiger partial charge in [0.15, 0.2) is 5.11 Å². The van der Waals surface area contributed by atoms with E-state index in [-0.39, 0.29) is 82.7 Å². The molecule has 6 aliphatic heterocycles. The minimum absolute atomic E-state index is 0.0287. The number of amides is 7. The number of nitrogens with two attached hydrogens (primary N) is 2. The molecule has 6 heterocycles. The molecule has 0 spiro atoms. The number of alkyl halides is 6. The Morgan fingerprint density at radius 1 is 0.585 bits per heavy atom. The molecule has 6 fully saturated rings. The van der Waals surface area contributed by atoms with Crippen LogP contribution in [0.5, 0.6) is 0 Å². The first kappa shape index (κ1) is 47.7.